The van der Waals surface area contributed by atoms with Gasteiger partial charge in [0.15, 0.2) is 0 Å². The highest BCUT2D eigenvalue weighted by molar-refractivity contribution is 6.07. The highest BCUT2D eigenvalue weighted by Crippen LogP contribution is 2.21. The molecule has 1 rings (SSSR count). The number of ether oxygens (including phenoxy) is 1. The Balaban J connectivity index is 3.34. The van der Waals surface area contributed by atoms with E-state index in [4.69, 9.17) is 16.2 Å². The van der Waals surface area contributed by atoms with Gasteiger partial charge < -0.3 is 16.2 Å². The molecule has 0 fully saturated rings. The molecule has 0 aliphatic heterocycles. The van der Waals surface area contributed by atoms with Gasteiger partial charge in [0.05, 0.1) is 17.7 Å². The van der Waals surface area contributed by atoms with Crippen molar-refractivity contribution in [2.45, 2.75) is 6.92 Å². The lowest BCUT2D eigenvalue weighted by molar-refractivity contribution is 0.0964. The summed E-state index contributed by atoms with van der Waals surface area (Å²) in [6.07, 6.45) is 0. The molecule has 0 unspecified atom stereocenters. The van der Waals surface area contributed by atoms with Gasteiger partial charge >= 0.3 is 0 Å². The molecule has 0 aliphatic carbocycles. The van der Waals surface area contributed by atoms with E-state index in [1.807, 2.05) is 0 Å². The summed E-state index contributed by atoms with van der Waals surface area (Å²) in [4.78, 5) is 22.2. The molecule has 5 heteroatoms. The number of rotatable bonds is 4. The molecule has 5 nitrogen and oxygen atoms in total. The highest BCUT2D eigenvalue weighted by Gasteiger charge is 2.17. The molecule has 0 atom stereocenters. The van der Waals surface area contributed by atoms with Crippen LogP contribution in [0.25, 0.3) is 0 Å². The van der Waals surface area contributed by atoms with Crippen LogP contribution in [0.2, 0.25) is 0 Å². The van der Waals surface area contributed by atoms with E-state index in [1.165, 1.54) is 6.07 Å². The van der Waals surface area contributed by atoms with E-state index in [2.05, 4.69) is 0 Å². The number of amides is 2. The first kappa shape index (κ1) is 11.0. The van der Waals surface area contributed by atoms with Crippen molar-refractivity contribution in [2.24, 2.45) is 11.5 Å². The fraction of sp³-hybridized carbons (Fsp3) is 0.200. The van der Waals surface area contributed by atoms with E-state index in [9.17, 15) is 9.59 Å². The van der Waals surface area contributed by atoms with E-state index >= 15 is 0 Å². The minimum Gasteiger partial charge on any atom is -0.493 e. The highest BCUT2D eigenvalue weighted by atomic mass is 16.5. The predicted octanol–water partition coefficient (Wildman–Crippen LogP) is 0.283. The zero-order valence-corrected chi connectivity index (χ0v) is 8.32. The van der Waals surface area contributed by atoms with Gasteiger partial charge in [-0.2, -0.15) is 0 Å². The number of primary amides is 2. The molecule has 0 heterocycles. The molecular formula is C10H12N2O3. The molecule has 0 bridgehead atoms. The Labute approximate surface area is 87.0 Å². The summed E-state index contributed by atoms with van der Waals surface area (Å²) in [6.45, 7) is 2.14. The summed E-state index contributed by atoms with van der Waals surface area (Å²) >= 11 is 0. The molecular weight excluding hydrogens is 196 g/mol. The molecule has 4 N–H and O–H groups in total. The first-order valence-corrected chi connectivity index (χ1v) is 4.43. The smallest absolute Gasteiger partial charge is 0.253 e. The number of benzene rings is 1. The van der Waals surface area contributed by atoms with E-state index in [0.717, 1.165) is 0 Å². The molecule has 15 heavy (non-hydrogen) atoms. The minimum atomic E-state index is -0.729. The van der Waals surface area contributed by atoms with Gasteiger partial charge in [-0.3, -0.25) is 9.59 Å². The quantitative estimate of drug-likeness (QED) is 0.744. The Morgan fingerprint density at radius 1 is 1.27 bits per heavy atom. The second-order valence-electron chi connectivity index (χ2n) is 2.84. The third kappa shape index (κ3) is 2.25. The molecule has 0 saturated heterocycles. The van der Waals surface area contributed by atoms with E-state index in [1.54, 1.807) is 19.1 Å². The SMILES string of the molecule is CCOc1cccc(C(N)=O)c1C(N)=O. The first-order valence-electron chi connectivity index (χ1n) is 4.43. The van der Waals surface area contributed by atoms with Crippen LogP contribution >= 0.6 is 0 Å². The summed E-state index contributed by atoms with van der Waals surface area (Å²) < 4.78 is 5.18. The zero-order chi connectivity index (χ0) is 11.4. The van der Waals surface area contributed by atoms with Gasteiger partial charge in [0, 0.05) is 0 Å². The maximum atomic E-state index is 11.2. The van der Waals surface area contributed by atoms with Gasteiger partial charge in [-0.05, 0) is 19.1 Å². The summed E-state index contributed by atoms with van der Waals surface area (Å²) in [6, 6.07) is 4.58. The first-order chi connectivity index (χ1) is 7.07. The van der Waals surface area contributed by atoms with Crippen LogP contribution < -0.4 is 16.2 Å². The Morgan fingerprint density at radius 2 is 1.93 bits per heavy atom. The van der Waals surface area contributed by atoms with Crippen LogP contribution in [-0.4, -0.2) is 18.4 Å². The lowest BCUT2D eigenvalue weighted by Crippen LogP contribution is -2.21. The summed E-state index contributed by atoms with van der Waals surface area (Å²) in [5.41, 5.74) is 10.4. The van der Waals surface area contributed by atoms with Crippen molar-refractivity contribution in [3.63, 3.8) is 0 Å². The van der Waals surface area contributed by atoms with Gasteiger partial charge in [0.25, 0.3) is 5.91 Å². The predicted molar refractivity (Wildman–Crippen MR) is 54.6 cm³/mol. The molecule has 0 saturated carbocycles. The van der Waals surface area contributed by atoms with Crippen molar-refractivity contribution < 1.29 is 14.3 Å². The number of hydrogen-bond acceptors (Lipinski definition) is 3. The molecule has 0 spiro atoms. The third-order valence-corrected chi connectivity index (χ3v) is 1.84. The van der Waals surface area contributed by atoms with Gasteiger partial charge in [0.2, 0.25) is 5.91 Å². The standard InChI is InChI=1S/C10H12N2O3/c1-2-15-7-5-3-4-6(9(11)13)8(7)10(12)14/h3-5H,2H2,1H3,(H2,11,13)(H2,12,14). The third-order valence-electron chi connectivity index (χ3n) is 1.84. The lowest BCUT2D eigenvalue weighted by atomic mass is 10.1. The molecule has 1 aromatic rings. The molecule has 1 aromatic carbocycles. The monoisotopic (exact) mass is 208 g/mol. The Morgan fingerprint density at radius 3 is 2.40 bits per heavy atom. The fourth-order valence-electron chi connectivity index (χ4n) is 1.27. The maximum Gasteiger partial charge on any atom is 0.253 e. The van der Waals surface area contributed by atoms with Crippen LogP contribution in [0.4, 0.5) is 0 Å². The molecule has 0 radical (unpaired) electrons. The Bertz CT molecular complexity index is 402. The van der Waals surface area contributed by atoms with Crippen LogP contribution in [-0.2, 0) is 0 Å². The lowest BCUT2D eigenvalue weighted by Gasteiger charge is -2.09. The van der Waals surface area contributed by atoms with Gasteiger partial charge in [-0.15, -0.1) is 0 Å². The van der Waals surface area contributed by atoms with Crippen molar-refractivity contribution in [1.29, 1.82) is 0 Å². The summed E-state index contributed by atoms with van der Waals surface area (Å²) in [5.74, 6) is -1.15. The van der Waals surface area contributed by atoms with Crippen molar-refractivity contribution in [1.82, 2.24) is 0 Å². The fourth-order valence-corrected chi connectivity index (χ4v) is 1.27. The average molecular weight is 208 g/mol. The van der Waals surface area contributed by atoms with Crippen molar-refractivity contribution in [3.05, 3.63) is 29.3 Å². The summed E-state index contributed by atoms with van der Waals surface area (Å²) in [7, 11) is 0. The second-order valence-corrected chi connectivity index (χ2v) is 2.84. The van der Waals surface area contributed by atoms with Gasteiger partial charge in [0.1, 0.15) is 5.75 Å². The van der Waals surface area contributed by atoms with Crippen LogP contribution in [0.5, 0.6) is 5.75 Å². The van der Waals surface area contributed by atoms with E-state index < -0.39 is 11.8 Å². The second kappa shape index (κ2) is 4.45. The van der Waals surface area contributed by atoms with Gasteiger partial charge in [-0.25, -0.2) is 0 Å². The van der Waals surface area contributed by atoms with Crippen molar-refractivity contribution in [3.8, 4) is 5.75 Å². The Hall–Kier alpha value is -2.04. The number of carbonyl (C=O) groups excluding carboxylic acids is 2. The van der Waals surface area contributed by atoms with Gasteiger partial charge in [-0.1, -0.05) is 6.07 Å². The topological polar surface area (TPSA) is 95.4 Å². The molecule has 80 valence electrons. The van der Waals surface area contributed by atoms with Crippen LogP contribution in [0.1, 0.15) is 27.6 Å². The van der Waals surface area contributed by atoms with E-state index in [-0.39, 0.29) is 16.9 Å². The summed E-state index contributed by atoms with van der Waals surface area (Å²) in [5, 5.41) is 0. The average Bonchev–Trinajstić information content (AvgIpc) is 2.17. The molecule has 0 aliphatic rings. The Kier molecular flexibility index (Phi) is 3.28. The van der Waals surface area contributed by atoms with Crippen LogP contribution in [0.3, 0.4) is 0 Å². The molecule has 2 amide bonds. The number of carbonyl (C=O) groups is 2. The largest absolute Gasteiger partial charge is 0.493 e. The zero-order valence-electron chi connectivity index (χ0n) is 8.32. The maximum absolute atomic E-state index is 11.2. The van der Waals surface area contributed by atoms with Crippen LogP contribution in [0, 0.1) is 0 Å². The normalized spacial score (nSPS) is 9.67. The van der Waals surface area contributed by atoms with Crippen molar-refractivity contribution >= 4 is 11.8 Å². The molecule has 0 aromatic heterocycles. The number of nitrogens with two attached hydrogens (primary N) is 2. The van der Waals surface area contributed by atoms with Crippen LogP contribution in [0.15, 0.2) is 18.2 Å². The van der Waals surface area contributed by atoms with Crippen molar-refractivity contribution in [2.75, 3.05) is 6.61 Å². The number of hydrogen-bond donors (Lipinski definition) is 2. The van der Waals surface area contributed by atoms with E-state index in [0.29, 0.717) is 6.61 Å². The minimum absolute atomic E-state index is 0.0341.